The molecule has 0 aliphatic carbocycles. The maximum Gasteiger partial charge on any atom is 0.245 e. The van der Waals surface area contributed by atoms with E-state index in [0.717, 1.165) is 10.9 Å². The number of hydrogen-bond acceptors (Lipinski definition) is 12. The van der Waals surface area contributed by atoms with E-state index in [1.54, 1.807) is 42.6 Å². The number of aliphatic hydroxyl groups is 1. The number of H-pyrrole nitrogens is 1. The zero-order valence-corrected chi connectivity index (χ0v) is 40.6. The van der Waals surface area contributed by atoms with Crippen LogP contribution in [0, 0.1) is 0 Å². The highest BCUT2D eigenvalue weighted by molar-refractivity contribution is 5.99. The lowest BCUT2D eigenvalue weighted by Crippen LogP contribution is -2.61. The van der Waals surface area contributed by atoms with E-state index in [1.165, 1.54) is 6.92 Å². The Bertz CT molecular complexity index is 2460. The summed E-state index contributed by atoms with van der Waals surface area (Å²) >= 11 is 0. The molecule has 0 saturated carbocycles. The van der Waals surface area contributed by atoms with E-state index in [4.69, 9.17) is 28.7 Å². The Morgan fingerprint density at radius 1 is 0.712 bits per heavy atom. The number of para-hydroxylation sites is 1. The van der Waals surface area contributed by atoms with Gasteiger partial charge in [-0.15, -0.1) is 0 Å². The van der Waals surface area contributed by atoms with Gasteiger partial charge in [-0.25, -0.2) is 0 Å². The molecule has 3 aromatic rings. The van der Waals surface area contributed by atoms with E-state index in [0.29, 0.717) is 11.1 Å². The number of aliphatic imine (C=N–C) groups is 2. The van der Waals surface area contributed by atoms with Gasteiger partial charge < -0.3 is 81.3 Å². The first-order valence-electron chi connectivity index (χ1n) is 23.8. The third-order valence-electron chi connectivity index (χ3n) is 11.6. The standard InChI is InChI=1S/C47H68N16O10/c1-26(65)57-32(16-9-19-54-46(49)50)40(68)62-36-23-38(66)53-18-8-7-15-31(39(48)67)58-43(71)35(22-28-24-56-30-14-6-5-13-29(28)30)61-41(69)33(17-10-20-55-47(51)52)59-42(70)34(21-27-11-3-2-4-12-27)60-45(73)37(25-64)63-44(36)72/h2-6,11-14,24,31-37,56,64H,7-10,15-23,25H2,1H3,(H2,48,67)(H,53,66)(H,57,65)(H,58,71)(H,59,70)(H,60,73)(H,61,69)(H,62,68)(H,63,72)(H4,49,50,54)(H4,51,52,55)/t31-,32-,33?,34+,35-,36-,37+/m0/s1. The van der Waals surface area contributed by atoms with Crippen molar-refractivity contribution in [2.45, 2.75) is 113 Å². The van der Waals surface area contributed by atoms with Gasteiger partial charge in [-0.2, -0.15) is 0 Å². The summed E-state index contributed by atoms with van der Waals surface area (Å²) in [6.07, 6.45) is 1.50. The first kappa shape index (κ1) is 57.3. The highest BCUT2D eigenvalue weighted by Crippen LogP contribution is 2.20. The maximum absolute atomic E-state index is 14.5. The van der Waals surface area contributed by atoms with Crippen LogP contribution in [0.1, 0.15) is 69.4 Å². The van der Waals surface area contributed by atoms with Crippen molar-refractivity contribution in [2.24, 2.45) is 38.7 Å². The summed E-state index contributed by atoms with van der Waals surface area (Å²) < 4.78 is 0. The molecule has 1 aliphatic heterocycles. The monoisotopic (exact) mass is 1020 g/mol. The number of rotatable bonds is 17. The van der Waals surface area contributed by atoms with Gasteiger partial charge in [0, 0.05) is 56.5 Å². The fourth-order valence-electron chi connectivity index (χ4n) is 7.86. The smallest absolute Gasteiger partial charge is 0.245 e. The summed E-state index contributed by atoms with van der Waals surface area (Å²) in [5, 5.41) is 31.8. The van der Waals surface area contributed by atoms with Gasteiger partial charge in [-0.3, -0.25) is 53.1 Å². The number of amides is 9. The number of aliphatic hydroxyl groups excluding tert-OH is 1. The Labute approximate surface area is 421 Å². The number of fused-ring (bicyclic) bond motifs is 1. The first-order valence-corrected chi connectivity index (χ1v) is 23.8. The molecule has 0 spiro atoms. The van der Waals surface area contributed by atoms with E-state index in [-0.39, 0.29) is 89.3 Å². The van der Waals surface area contributed by atoms with Gasteiger partial charge in [0.15, 0.2) is 11.9 Å². The predicted molar refractivity (Wildman–Crippen MR) is 269 cm³/mol. The Morgan fingerprint density at radius 2 is 1.30 bits per heavy atom. The largest absolute Gasteiger partial charge is 0.394 e. The highest BCUT2D eigenvalue weighted by atomic mass is 16.3. The highest BCUT2D eigenvalue weighted by Gasteiger charge is 2.35. The van der Waals surface area contributed by atoms with Crippen LogP contribution in [-0.4, -0.2) is 144 Å². The number of nitrogens with two attached hydrogens (primary N) is 5. The molecule has 2 aromatic carbocycles. The van der Waals surface area contributed by atoms with Crippen molar-refractivity contribution in [3.05, 3.63) is 71.9 Å². The number of nitrogens with zero attached hydrogens (tertiary/aromatic N) is 2. The molecule has 1 aliphatic rings. The molecule has 0 radical (unpaired) electrons. The lowest BCUT2D eigenvalue weighted by atomic mass is 10.0. The second kappa shape index (κ2) is 29.1. The first-order chi connectivity index (χ1) is 34.8. The van der Waals surface area contributed by atoms with Crippen LogP contribution < -0.4 is 71.2 Å². The topological polar surface area (TPSA) is 441 Å². The van der Waals surface area contributed by atoms with Crippen molar-refractivity contribution in [3.8, 4) is 0 Å². The molecule has 4 rings (SSSR count). The van der Waals surface area contributed by atoms with Gasteiger partial charge in [0.2, 0.25) is 53.2 Å². The Hall–Kier alpha value is -8.29. The minimum atomic E-state index is -1.77. The molecule has 20 N–H and O–H groups in total. The predicted octanol–water partition coefficient (Wildman–Crippen LogP) is -4.36. The molecule has 396 valence electrons. The molecular formula is C47H68N16O10. The van der Waals surface area contributed by atoms with Crippen LogP contribution in [0.15, 0.2) is 70.8 Å². The van der Waals surface area contributed by atoms with Gasteiger partial charge in [-0.05, 0) is 62.1 Å². The summed E-state index contributed by atoms with van der Waals surface area (Å²) in [6, 6.07) is 5.60. The Kier molecular flexibility index (Phi) is 22.9. The molecule has 26 nitrogen and oxygen atoms in total. The maximum atomic E-state index is 14.5. The molecule has 9 amide bonds. The molecule has 1 saturated heterocycles. The Balaban J connectivity index is 1.74. The van der Waals surface area contributed by atoms with Crippen molar-refractivity contribution < 1.29 is 48.3 Å². The minimum absolute atomic E-state index is 0.00478. The van der Waals surface area contributed by atoms with Crippen LogP contribution in [-0.2, 0) is 56.0 Å². The molecule has 1 fully saturated rings. The zero-order chi connectivity index (χ0) is 53.5. The van der Waals surface area contributed by atoms with Crippen LogP contribution >= 0.6 is 0 Å². The van der Waals surface area contributed by atoms with Crippen LogP contribution in [0.3, 0.4) is 0 Å². The summed E-state index contributed by atoms with van der Waals surface area (Å²) in [6.45, 7) is 0.283. The summed E-state index contributed by atoms with van der Waals surface area (Å²) in [5.41, 5.74) is 29.6. The summed E-state index contributed by atoms with van der Waals surface area (Å²) in [4.78, 5) is 134. The number of benzene rings is 2. The number of guanidine groups is 2. The van der Waals surface area contributed by atoms with Crippen molar-refractivity contribution in [1.82, 2.24) is 47.5 Å². The third kappa shape index (κ3) is 19.4. The normalized spacial score (nSPS) is 21.3. The average molecular weight is 1020 g/mol. The van der Waals surface area contributed by atoms with Gasteiger partial charge in [0.05, 0.1) is 13.0 Å². The number of nitrogens with one attached hydrogen (secondary N) is 9. The number of primary amides is 1. The fraction of sp³-hybridized carbons (Fsp3) is 0.468. The summed E-state index contributed by atoms with van der Waals surface area (Å²) in [7, 11) is 0. The van der Waals surface area contributed by atoms with E-state index in [1.807, 2.05) is 18.2 Å². The van der Waals surface area contributed by atoms with Crippen LogP contribution in [0.5, 0.6) is 0 Å². The molecule has 7 atom stereocenters. The van der Waals surface area contributed by atoms with Crippen molar-refractivity contribution >= 4 is 76.0 Å². The second-order valence-corrected chi connectivity index (χ2v) is 17.4. The second-order valence-electron chi connectivity index (χ2n) is 17.4. The van der Waals surface area contributed by atoms with Gasteiger partial charge in [0.25, 0.3) is 0 Å². The van der Waals surface area contributed by atoms with E-state index in [2.05, 4.69) is 57.5 Å². The van der Waals surface area contributed by atoms with Crippen LogP contribution in [0.25, 0.3) is 10.9 Å². The molecular weight excluding hydrogens is 949 g/mol. The SMILES string of the molecule is CC(=O)N[C@@H](CCCN=C(N)N)C(=O)N[C@H]1CC(=O)NCCCC[C@@H](C(N)=O)NC(=O)[C@H](Cc2c[nH]c3ccccc23)NC(=O)C(CCCN=C(N)N)NC(=O)[C@@H](Cc2ccccc2)NC(=O)[C@@H](CO)NC1=O. The zero-order valence-electron chi connectivity index (χ0n) is 40.6. The van der Waals surface area contributed by atoms with Gasteiger partial charge >= 0.3 is 0 Å². The van der Waals surface area contributed by atoms with E-state index < -0.39 is 108 Å². The minimum Gasteiger partial charge on any atom is -0.394 e. The van der Waals surface area contributed by atoms with Crippen molar-refractivity contribution in [3.63, 3.8) is 0 Å². The molecule has 2 heterocycles. The van der Waals surface area contributed by atoms with Gasteiger partial charge in [0.1, 0.15) is 42.3 Å². The molecule has 73 heavy (non-hydrogen) atoms. The van der Waals surface area contributed by atoms with Crippen molar-refractivity contribution in [2.75, 3.05) is 26.2 Å². The third-order valence-corrected chi connectivity index (χ3v) is 11.6. The Morgan fingerprint density at radius 3 is 1.96 bits per heavy atom. The lowest BCUT2D eigenvalue weighted by molar-refractivity contribution is -0.136. The van der Waals surface area contributed by atoms with Crippen molar-refractivity contribution in [1.29, 1.82) is 0 Å². The molecule has 26 heteroatoms. The number of aromatic nitrogens is 1. The van der Waals surface area contributed by atoms with Crippen LogP contribution in [0.4, 0.5) is 0 Å². The molecule has 0 bridgehead atoms. The fourth-order valence-corrected chi connectivity index (χ4v) is 7.86. The quantitative estimate of drug-likeness (QED) is 0.0346. The van der Waals surface area contributed by atoms with E-state index >= 15 is 0 Å². The summed E-state index contributed by atoms with van der Waals surface area (Å²) in [5.74, 6) is -8.15. The lowest BCUT2D eigenvalue weighted by Gasteiger charge is -2.27. The number of carbonyl (C=O) groups is 9. The van der Waals surface area contributed by atoms with Gasteiger partial charge in [-0.1, -0.05) is 48.5 Å². The number of aromatic amines is 1. The number of hydrogen-bond donors (Lipinski definition) is 15. The number of carbonyl (C=O) groups excluding carboxylic acids is 9. The average Bonchev–Trinajstić information content (AvgIpc) is 3.75. The van der Waals surface area contributed by atoms with Crippen LogP contribution in [0.2, 0.25) is 0 Å². The van der Waals surface area contributed by atoms with E-state index in [9.17, 15) is 48.3 Å². The molecule has 1 unspecified atom stereocenters. The molecule has 1 aromatic heterocycles.